The van der Waals surface area contributed by atoms with Crippen LogP contribution in [-0.2, 0) is 6.18 Å². The second-order valence-corrected chi connectivity index (χ2v) is 4.45. The Kier molecular flexibility index (Phi) is 3.60. The number of carbonyl (C=O) groups excluding carboxylic acids is 1. The van der Waals surface area contributed by atoms with E-state index in [9.17, 15) is 18.0 Å². The maximum Gasteiger partial charge on any atom is 0.416 e. The number of rotatable bonds is 2. The largest absolute Gasteiger partial charge is 0.453 e. The fraction of sp³-hybridized carbons (Fsp3) is 0.0833. The Morgan fingerprint density at radius 3 is 2.11 bits per heavy atom. The van der Waals surface area contributed by atoms with E-state index in [1.807, 2.05) is 0 Å². The van der Waals surface area contributed by atoms with Gasteiger partial charge in [-0.2, -0.15) is 13.2 Å². The summed E-state index contributed by atoms with van der Waals surface area (Å²) >= 11 is 11.6. The van der Waals surface area contributed by atoms with E-state index in [2.05, 4.69) is 0 Å². The number of alkyl halides is 3. The first-order valence-electron chi connectivity index (χ1n) is 4.94. The summed E-state index contributed by atoms with van der Waals surface area (Å²) < 4.78 is 42.7. The molecule has 0 radical (unpaired) electrons. The second-order valence-electron chi connectivity index (χ2n) is 3.63. The van der Waals surface area contributed by atoms with Crippen LogP contribution in [0.15, 0.2) is 28.7 Å². The van der Waals surface area contributed by atoms with Gasteiger partial charge in [0.1, 0.15) is 5.76 Å². The molecule has 0 aliphatic rings. The average molecular weight is 309 g/mol. The maximum absolute atomic E-state index is 12.6. The van der Waals surface area contributed by atoms with Crippen molar-refractivity contribution >= 4 is 29.5 Å². The lowest BCUT2D eigenvalue weighted by Crippen LogP contribution is -2.05. The lowest BCUT2D eigenvalue weighted by atomic mass is 10.1. The molecule has 0 N–H and O–H groups in total. The smallest absolute Gasteiger partial charge is 0.416 e. The molecule has 0 atom stereocenters. The zero-order valence-electron chi connectivity index (χ0n) is 9.09. The quantitative estimate of drug-likeness (QED) is 0.724. The molecule has 1 aromatic heterocycles. The SMILES string of the molecule is O=Cc1ccc(-c2c(Cl)cc(C(F)(F)F)cc2Cl)o1. The van der Waals surface area contributed by atoms with E-state index in [1.165, 1.54) is 12.1 Å². The topological polar surface area (TPSA) is 30.2 Å². The summed E-state index contributed by atoms with van der Waals surface area (Å²) in [6, 6.07) is 4.29. The predicted octanol–water partition coefficient (Wildman–Crippen LogP) is 5.08. The van der Waals surface area contributed by atoms with Crippen molar-refractivity contribution in [1.29, 1.82) is 0 Å². The number of halogens is 5. The molecule has 0 spiro atoms. The monoisotopic (exact) mass is 308 g/mol. The van der Waals surface area contributed by atoms with Gasteiger partial charge in [0.15, 0.2) is 12.0 Å². The molecule has 2 rings (SSSR count). The summed E-state index contributed by atoms with van der Waals surface area (Å²) in [7, 11) is 0. The first-order chi connectivity index (χ1) is 8.82. The summed E-state index contributed by atoms with van der Waals surface area (Å²) in [4.78, 5) is 10.5. The van der Waals surface area contributed by atoms with Crippen molar-refractivity contribution in [3.63, 3.8) is 0 Å². The van der Waals surface area contributed by atoms with Gasteiger partial charge in [0.05, 0.1) is 21.2 Å². The molecule has 0 aliphatic carbocycles. The van der Waals surface area contributed by atoms with Gasteiger partial charge in [-0.3, -0.25) is 4.79 Å². The van der Waals surface area contributed by atoms with Gasteiger partial charge in [-0.1, -0.05) is 23.2 Å². The molecule has 2 nitrogen and oxygen atoms in total. The molecule has 1 aromatic carbocycles. The Labute approximate surface area is 115 Å². The van der Waals surface area contributed by atoms with Gasteiger partial charge in [0.2, 0.25) is 0 Å². The van der Waals surface area contributed by atoms with Crippen LogP contribution in [0.2, 0.25) is 10.0 Å². The second kappa shape index (κ2) is 4.90. The van der Waals surface area contributed by atoms with Crippen molar-refractivity contribution in [2.45, 2.75) is 6.18 Å². The van der Waals surface area contributed by atoms with E-state index in [0.717, 1.165) is 12.1 Å². The molecular weight excluding hydrogens is 304 g/mol. The van der Waals surface area contributed by atoms with E-state index in [1.54, 1.807) is 0 Å². The molecule has 2 aromatic rings. The first kappa shape index (κ1) is 14.0. The third-order valence-electron chi connectivity index (χ3n) is 2.36. The Hall–Kier alpha value is -1.46. The summed E-state index contributed by atoms with van der Waals surface area (Å²) in [6.07, 6.45) is -4.07. The number of hydrogen-bond donors (Lipinski definition) is 0. The van der Waals surface area contributed by atoms with Crippen molar-refractivity contribution in [1.82, 2.24) is 0 Å². The number of furan rings is 1. The van der Waals surface area contributed by atoms with Crippen LogP contribution in [-0.4, -0.2) is 6.29 Å². The predicted molar refractivity (Wildman–Crippen MR) is 64.6 cm³/mol. The summed E-state index contributed by atoms with van der Waals surface area (Å²) in [5.41, 5.74) is -0.835. The van der Waals surface area contributed by atoms with Crippen molar-refractivity contribution < 1.29 is 22.4 Å². The van der Waals surface area contributed by atoms with Gasteiger partial charge in [-0.05, 0) is 24.3 Å². The van der Waals surface area contributed by atoms with Crippen LogP contribution in [0.3, 0.4) is 0 Å². The normalized spacial score (nSPS) is 11.6. The highest BCUT2D eigenvalue weighted by Gasteiger charge is 2.32. The highest BCUT2D eigenvalue weighted by molar-refractivity contribution is 6.39. The van der Waals surface area contributed by atoms with Gasteiger partial charge in [-0.25, -0.2) is 0 Å². The third kappa shape index (κ3) is 2.77. The molecule has 7 heteroatoms. The zero-order chi connectivity index (χ0) is 14.2. The van der Waals surface area contributed by atoms with Gasteiger partial charge in [0.25, 0.3) is 0 Å². The Morgan fingerprint density at radius 2 is 1.68 bits per heavy atom. The summed E-state index contributed by atoms with van der Waals surface area (Å²) in [5.74, 6) is 0.160. The molecular formula is C12H5Cl2F3O2. The molecule has 0 saturated carbocycles. The van der Waals surface area contributed by atoms with Crippen LogP contribution >= 0.6 is 23.2 Å². The lowest BCUT2D eigenvalue weighted by Gasteiger charge is -2.10. The molecule has 0 fully saturated rings. The van der Waals surface area contributed by atoms with Gasteiger partial charge in [-0.15, -0.1) is 0 Å². The summed E-state index contributed by atoms with van der Waals surface area (Å²) in [5, 5.41) is -0.404. The highest BCUT2D eigenvalue weighted by atomic mass is 35.5. The molecule has 19 heavy (non-hydrogen) atoms. The minimum absolute atomic E-state index is 0.0297. The van der Waals surface area contributed by atoms with Gasteiger partial charge in [0, 0.05) is 0 Å². The van der Waals surface area contributed by atoms with Crippen LogP contribution in [0, 0.1) is 0 Å². The molecule has 0 unspecified atom stereocenters. The molecule has 0 amide bonds. The van der Waals surface area contributed by atoms with Crippen LogP contribution in [0.25, 0.3) is 11.3 Å². The lowest BCUT2D eigenvalue weighted by molar-refractivity contribution is -0.137. The Morgan fingerprint density at radius 1 is 1.11 bits per heavy atom. The number of benzene rings is 1. The molecule has 1 heterocycles. The van der Waals surface area contributed by atoms with Crippen LogP contribution in [0.4, 0.5) is 13.2 Å². The minimum Gasteiger partial charge on any atom is -0.453 e. The number of hydrogen-bond acceptors (Lipinski definition) is 2. The summed E-state index contributed by atoms with van der Waals surface area (Å²) in [6.45, 7) is 0. The molecule has 100 valence electrons. The standard InChI is InChI=1S/C12H5Cl2F3O2/c13-8-3-6(12(15,16)17)4-9(14)11(8)10-2-1-7(5-18)19-10/h1-5H. The Bertz CT molecular complexity index is 609. The number of carbonyl (C=O) groups is 1. The van der Waals surface area contributed by atoms with Crippen molar-refractivity contribution in [2.75, 3.05) is 0 Å². The van der Waals surface area contributed by atoms with Crippen LogP contribution in [0.5, 0.6) is 0 Å². The fourth-order valence-electron chi connectivity index (χ4n) is 1.52. The van der Waals surface area contributed by atoms with E-state index in [4.69, 9.17) is 27.6 Å². The van der Waals surface area contributed by atoms with E-state index in [-0.39, 0.29) is 27.1 Å². The van der Waals surface area contributed by atoms with Crippen molar-refractivity contribution in [3.8, 4) is 11.3 Å². The fourth-order valence-corrected chi connectivity index (χ4v) is 2.20. The maximum atomic E-state index is 12.6. The van der Waals surface area contributed by atoms with E-state index < -0.39 is 11.7 Å². The first-order valence-corrected chi connectivity index (χ1v) is 5.70. The number of aldehydes is 1. The zero-order valence-corrected chi connectivity index (χ0v) is 10.6. The van der Waals surface area contributed by atoms with Gasteiger partial charge < -0.3 is 4.42 Å². The average Bonchev–Trinajstić information content (AvgIpc) is 2.75. The molecule has 0 aliphatic heterocycles. The van der Waals surface area contributed by atoms with Crippen LogP contribution in [0.1, 0.15) is 16.1 Å². The molecule has 0 bridgehead atoms. The third-order valence-corrected chi connectivity index (χ3v) is 2.95. The van der Waals surface area contributed by atoms with E-state index in [0.29, 0.717) is 6.29 Å². The minimum atomic E-state index is -4.54. The Balaban J connectivity index is 2.56. The van der Waals surface area contributed by atoms with Crippen molar-refractivity contribution in [2.24, 2.45) is 0 Å². The van der Waals surface area contributed by atoms with Crippen LogP contribution < -0.4 is 0 Å². The van der Waals surface area contributed by atoms with E-state index >= 15 is 0 Å². The molecule has 0 saturated heterocycles. The van der Waals surface area contributed by atoms with Crippen molar-refractivity contribution in [3.05, 3.63) is 45.6 Å². The van der Waals surface area contributed by atoms with Gasteiger partial charge >= 0.3 is 6.18 Å². The highest BCUT2D eigenvalue weighted by Crippen LogP contribution is 2.40.